The molecular formula is C19H20N2O5S. The number of aromatic nitrogens is 1. The molecule has 1 aliphatic rings. The highest BCUT2D eigenvalue weighted by Gasteiger charge is 2.33. The number of fused-ring (bicyclic) bond motifs is 1. The smallest absolute Gasteiger partial charge is 0.416 e. The highest BCUT2D eigenvalue weighted by Crippen LogP contribution is 2.33. The lowest BCUT2D eigenvalue weighted by Gasteiger charge is -2.23. The monoisotopic (exact) mass is 388 g/mol. The van der Waals surface area contributed by atoms with E-state index in [2.05, 4.69) is 30.5 Å². The van der Waals surface area contributed by atoms with Gasteiger partial charge in [0.2, 0.25) is 5.78 Å². The number of aliphatic imine (C=N–C) groups is 1. The summed E-state index contributed by atoms with van der Waals surface area (Å²) in [5, 5.41) is 10.3. The molecule has 142 valence electrons. The number of hydrogen-bond donors (Lipinski definition) is 1. The number of rotatable bonds is 3. The minimum Gasteiger partial charge on any atom is -0.465 e. The third-order valence-corrected chi connectivity index (χ3v) is 5.57. The fraction of sp³-hybridized carbons (Fsp3) is 0.368. The number of ketones is 1. The van der Waals surface area contributed by atoms with E-state index in [1.54, 1.807) is 6.07 Å². The van der Waals surface area contributed by atoms with Crippen LogP contribution in [0.15, 0.2) is 29.4 Å². The molecule has 3 rings (SSSR count). The largest absolute Gasteiger partial charge is 0.465 e. The van der Waals surface area contributed by atoms with Crippen molar-refractivity contribution in [3.05, 3.63) is 35.5 Å². The Kier molecular flexibility index (Phi) is 4.86. The summed E-state index contributed by atoms with van der Waals surface area (Å²) >= 11 is 1.39. The van der Waals surface area contributed by atoms with Crippen molar-refractivity contribution in [3.63, 3.8) is 0 Å². The summed E-state index contributed by atoms with van der Waals surface area (Å²) < 4.78 is 5.62. The molecule has 1 unspecified atom stereocenters. The first-order valence-electron chi connectivity index (χ1n) is 8.35. The lowest BCUT2D eigenvalue weighted by atomic mass is 9.88. The van der Waals surface area contributed by atoms with E-state index in [0.717, 1.165) is 4.57 Å². The van der Waals surface area contributed by atoms with Crippen molar-refractivity contribution in [1.29, 1.82) is 0 Å². The second-order valence-corrected chi connectivity index (χ2v) is 8.38. The van der Waals surface area contributed by atoms with Gasteiger partial charge < -0.3 is 9.84 Å². The van der Waals surface area contributed by atoms with Gasteiger partial charge in [-0.3, -0.25) is 14.4 Å². The van der Waals surface area contributed by atoms with E-state index in [-0.39, 0.29) is 33.9 Å². The molecule has 0 aliphatic carbocycles. The van der Waals surface area contributed by atoms with Crippen molar-refractivity contribution in [2.45, 2.75) is 26.8 Å². The van der Waals surface area contributed by atoms with Crippen LogP contribution in [0, 0.1) is 5.41 Å². The number of carbonyl (C=O) groups is 3. The SMILES string of the molecule is COC(=O)c1ccc2c(C(=O)C3=NC(C(C)(C)C)CS3)cn(C(=O)O)c2c1. The molecule has 0 saturated heterocycles. The molecule has 0 spiro atoms. The van der Waals surface area contributed by atoms with Crippen LogP contribution in [0.1, 0.15) is 41.5 Å². The molecule has 7 nitrogen and oxygen atoms in total. The Bertz CT molecular complexity index is 984. The van der Waals surface area contributed by atoms with Gasteiger partial charge in [-0.2, -0.15) is 0 Å². The molecule has 2 aromatic rings. The highest BCUT2D eigenvalue weighted by molar-refractivity contribution is 8.16. The third kappa shape index (κ3) is 3.49. The first kappa shape index (κ1) is 19.2. The summed E-state index contributed by atoms with van der Waals surface area (Å²) in [6.07, 6.45) is 0.0406. The van der Waals surface area contributed by atoms with Crippen molar-refractivity contribution in [3.8, 4) is 0 Å². The second-order valence-electron chi connectivity index (χ2n) is 7.38. The van der Waals surface area contributed by atoms with Crippen LogP contribution in [0.3, 0.4) is 0 Å². The zero-order valence-electron chi connectivity index (χ0n) is 15.5. The first-order chi connectivity index (χ1) is 12.6. The molecule has 1 aliphatic heterocycles. The highest BCUT2D eigenvalue weighted by atomic mass is 32.2. The van der Waals surface area contributed by atoms with Crippen molar-refractivity contribution < 1.29 is 24.2 Å². The molecule has 1 atom stereocenters. The summed E-state index contributed by atoms with van der Waals surface area (Å²) in [7, 11) is 1.25. The van der Waals surface area contributed by atoms with E-state index in [9.17, 15) is 19.5 Å². The van der Waals surface area contributed by atoms with E-state index in [4.69, 9.17) is 0 Å². The maximum Gasteiger partial charge on any atom is 0.416 e. The number of ether oxygens (including phenoxy) is 1. The maximum absolute atomic E-state index is 13.0. The number of Topliss-reactive ketones (excluding diaryl/α,β-unsaturated/α-hetero) is 1. The van der Waals surface area contributed by atoms with E-state index in [1.165, 1.54) is 37.2 Å². The molecule has 1 N–H and O–H groups in total. The Morgan fingerprint density at radius 2 is 2.00 bits per heavy atom. The number of esters is 1. The van der Waals surface area contributed by atoms with Crippen LogP contribution in [-0.2, 0) is 4.74 Å². The number of benzene rings is 1. The molecular weight excluding hydrogens is 368 g/mol. The minimum absolute atomic E-state index is 0.0280. The van der Waals surface area contributed by atoms with Crippen LogP contribution in [0.2, 0.25) is 0 Å². The first-order valence-corrected chi connectivity index (χ1v) is 9.34. The lowest BCUT2D eigenvalue weighted by Crippen LogP contribution is -2.24. The van der Waals surface area contributed by atoms with Crippen LogP contribution in [0.4, 0.5) is 4.79 Å². The molecule has 2 heterocycles. The van der Waals surface area contributed by atoms with Gasteiger partial charge in [-0.25, -0.2) is 9.59 Å². The van der Waals surface area contributed by atoms with Gasteiger partial charge in [-0.1, -0.05) is 26.8 Å². The molecule has 0 radical (unpaired) electrons. The van der Waals surface area contributed by atoms with Gasteiger partial charge in [0.05, 0.1) is 29.8 Å². The lowest BCUT2D eigenvalue weighted by molar-refractivity contribution is 0.0600. The molecule has 1 aromatic carbocycles. The Balaban J connectivity index is 2.08. The van der Waals surface area contributed by atoms with Crippen molar-refractivity contribution in [2.24, 2.45) is 10.4 Å². The zero-order valence-corrected chi connectivity index (χ0v) is 16.3. The molecule has 0 amide bonds. The van der Waals surface area contributed by atoms with Crippen LogP contribution < -0.4 is 0 Å². The molecule has 0 saturated carbocycles. The van der Waals surface area contributed by atoms with Gasteiger partial charge >= 0.3 is 12.1 Å². The number of nitrogens with zero attached hydrogens (tertiary/aromatic N) is 2. The molecule has 0 fully saturated rings. The van der Waals surface area contributed by atoms with E-state index >= 15 is 0 Å². The van der Waals surface area contributed by atoms with E-state index in [0.29, 0.717) is 16.2 Å². The predicted octanol–water partition coefficient (Wildman–Crippen LogP) is 3.70. The van der Waals surface area contributed by atoms with Crippen LogP contribution >= 0.6 is 11.8 Å². The number of carboxylic acid groups (broad SMARTS) is 1. The summed E-state index contributed by atoms with van der Waals surface area (Å²) in [4.78, 5) is 40.9. The van der Waals surface area contributed by atoms with E-state index in [1.807, 2.05) is 0 Å². The van der Waals surface area contributed by atoms with Crippen LogP contribution in [0.5, 0.6) is 0 Å². The summed E-state index contributed by atoms with van der Waals surface area (Å²) in [5.41, 5.74) is 0.666. The minimum atomic E-state index is -1.24. The maximum atomic E-state index is 13.0. The fourth-order valence-electron chi connectivity index (χ4n) is 2.87. The standard InChI is InChI=1S/C19H20N2O5S/c1-19(2,3)14-9-27-16(20-14)15(22)12-8-21(18(24)25)13-7-10(17(23)26-4)5-6-11(12)13/h5-8,14H,9H2,1-4H3,(H,24,25). The summed E-state index contributed by atoms with van der Waals surface area (Å²) in [5.74, 6) is -0.163. The Morgan fingerprint density at radius 1 is 1.30 bits per heavy atom. The van der Waals surface area contributed by atoms with Gasteiger partial charge in [0.1, 0.15) is 5.04 Å². The van der Waals surface area contributed by atoms with Gasteiger partial charge in [0, 0.05) is 17.3 Å². The van der Waals surface area contributed by atoms with Gasteiger partial charge in [-0.15, -0.1) is 11.8 Å². The van der Waals surface area contributed by atoms with Crippen LogP contribution in [0.25, 0.3) is 10.9 Å². The summed E-state index contributed by atoms with van der Waals surface area (Å²) in [6.45, 7) is 6.21. The predicted molar refractivity (Wildman–Crippen MR) is 104 cm³/mol. The second kappa shape index (κ2) is 6.84. The topological polar surface area (TPSA) is 98.0 Å². The summed E-state index contributed by atoms with van der Waals surface area (Å²) in [6, 6.07) is 4.52. The Labute approximate surface area is 160 Å². The Hall–Kier alpha value is -2.61. The number of methoxy groups -OCH3 is 1. The van der Waals surface area contributed by atoms with Gasteiger partial charge in [-0.05, 0) is 17.5 Å². The number of carbonyl (C=O) groups excluding carboxylic acids is 2. The zero-order chi connectivity index (χ0) is 19.9. The Morgan fingerprint density at radius 3 is 2.56 bits per heavy atom. The molecule has 8 heteroatoms. The average Bonchev–Trinajstić information content (AvgIpc) is 3.24. The number of hydrogen-bond acceptors (Lipinski definition) is 6. The average molecular weight is 388 g/mol. The van der Waals surface area contributed by atoms with E-state index < -0.39 is 12.1 Å². The quantitative estimate of drug-likeness (QED) is 0.636. The van der Waals surface area contributed by atoms with Crippen molar-refractivity contribution in [2.75, 3.05) is 12.9 Å². The molecule has 1 aromatic heterocycles. The third-order valence-electron chi connectivity index (χ3n) is 4.52. The van der Waals surface area contributed by atoms with Crippen molar-refractivity contribution >= 4 is 45.6 Å². The van der Waals surface area contributed by atoms with Crippen LogP contribution in [-0.4, -0.2) is 51.5 Å². The van der Waals surface area contributed by atoms with Gasteiger partial charge in [0.15, 0.2) is 0 Å². The normalized spacial score (nSPS) is 17.0. The van der Waals surface area contributed by atoms with Crippen molar-refractivity contribution in [1.82, 2.24) is 4.57 Å². The molecule has 0 bridgehead atoms. The molecule has 27 heavy (non-hydrogen) atoms. The fourth-order valence-corrected chi connectivity index (χ4v) is 4.20. The number of thioether (sulfide) groups is 1. The van der Waals surface area contributed by atoms with Gasteiger partial charge in [0.25, 0.3) is 0 Å².